The fourth-order valence-corrected chi connectivity index (χ4v) is 1.96. The molecule has 8 nitrogen and oxygen atoms in total. The Balaban J connectivity index is 2.40. The number of nitrogens with one attached hydrogen (secondary N) is 1. The van der Waals surface area contributed by atoms with Gasteiger partial charge in [0.1, 0.15) is 16.9 Å². The van der Waals surface area contributed by atoms with Gasteiger partial charge >= 0.3 is 5.97 Å². The highest BCUT2D eigenvalue weighted by Crippen LogP contribution is 2.29. The van der Waals surface area contributed by atoms with Crippen molar-refractivity contribution in [2.24, 2.45) is 0 Å². The van der Waals surface area contributed by atoms with Crippen LogP contribution in [0.4, 0.5) is 15.8 Å². The van der Waals surface area contributed by atoms with Gasteiger partial charge in [0.25, 0.3) is 11.6 Å². The molecule has 2 N–H and O–H groups in total. The molecule has 0 heterocycles. The number of carbonyl (C=O) groups excluding carboxylic acids is 2. The third-order valence-corrected chi connectivity index (χ3v) is 3.09. The van der Waals surface area contributed by atoms with Crippen LogP contribution in [-0.4, -0.2) is 29.0 Å². The molecule has 0 saturated carbocycles. The van der Waals surface area contributed by atoms with E-state index in [-0.39, 0.29) is 11.3 Å². The molecule has 2 rings (SSSR count). The van der Waals surface area contributed by atoms with Crippen LogP contribution in [0.25, 0.3) is 0 Å². The molecule has 0 fully saturated rings. The number of hydrogen-bond donors (Lipinski definition) is 2. The van der Waals surface area contributed by atoms with Crippen molar-refractivity contribution in [3.63, 3.8) is 0 Å². The monoisotopic (exact) mass is 334 g/mol. The first-order valence-corrected chi connectivity index (χ1v) is 6.50. The van der Waals surface area contributed by atoms with E-state index in [1.807, 2.05) is 0 Å². The third kappa shape index (κ3) is 3.29. The number of halogens is 1. The lowest BCUT2D eigenvalue weighted by atomic mass is 10.1. The number of methoxy groups -OCH3 is 1. The summed E-state index contributed by atoms with van der Waals surface area (Å²) in [4.78, 5) is 33.8. The zero-order chi connectivity index (χ0) is 17.9. The van der Waals surface area contributed by atoms with E-state index >= 15 is 0 Å². The van der Waals surface area contributed by atoms with E-state index in [9.17, 15) is 29.2 Å². The van der Waals surface area contributed by atoms with Crippen LogP contribution in [0.2, 0.25) is 0 Å². The highest BCUT2D eigenvalue weighted by molar-refractivity contribution is 6.08. The van der Waals surface area contributed by atoms with Gasteiger partial charge < -0.3 is 15.2 Å². The van der Waals surface area contributed by atoms with E-state index in [1.54, 1.807) is 0 Å². The minimum Gasteiger partial charge on any atom is -0.505 e. The van der Waals surface area contributed by atoms with Crippen molar-refractivity contribution in [2.75, 3.05) is 12.4 Å². The van der Waals surface area contributed by atoms with Gasteiger partial charge in [-0.2, -0.15) is 0 Å². The number of rotatable bonds is 4. The van der Waals surface area contributed by atoms with Gasteiger partial charge in [0.15, 0.2) is 5.75 Å². The molecule has 2 aromatic carbocycles. The van der Waals surface area contributed by atoms with Crippen LogP contribution in [0.3, 0.4) is 0 Å². The van der Waals surface area contributed by atoms with Crippen LogP contribution >= 0.6 is 0 Å². The van der Waals surface area contributed by atoms with E-state index in [0.717, 1.165) is 19.2 Å². The lowest BCUT2D eigenvalue weighted by Crippen LogP contribution is -2.15. The summed E-state index contributed by atoms with van der Waals surface area (Å²) in [5.41, 5.74) is -1.51. The largest absolute Gasteiger partial charge is 0.505 e. The molecule has 124 valence electrons. The highest BCUT2D eigenvalue weighted by atomic mass is 19.1. The summed E-state index contributed by atoms with van der Waals surface area (Å²) in [6, 6.07) is 6.31. The molecular formula is C15H11FN2O6. The second-order valence-electron chi connectivity index (χ2n) is 4.57. The topological polar surface area (TPSA) is 119 Å². The molecule has 0 aromatic heterocycles. The summed E-state index contributed by atoms with van der Waals surface area (Å²) in [6.45, 7) is 0. The van der Waals surface area contributed by atoms with E-state index in [1.165, 1.54) is 18.2 Å². The van der Waals surface area contributed by atoms with Crippen LogP contribution < -0.4 is 5.32 Å². The molecule has 0 bridgehead atoms. The Bertz CT molecular complexity index is 837. The van der Waals surface area contributed by atoms with Gasteiger partial charge in [-0.05, 0) is 24.3 Å². The number of nitro groups is 1. The van der Waals surface area contributed by atoms with Crippen molar-refractivity contribution in [3.8, 4) is 5.75 Å². The number of ether oxygens (including phenoxy) is 1. The highest BCUT2D eigenvalue weighted by Gasteiger charge is 2.23. The van der Waals surface area contributed by atoms with E-state index in [0.29, 0.717) is 6.07 Å². The SMILES string of the molecule is COC(=O)c1cccc(NC(=O)c2cc(F)ccc2[N+](=O)[O-])c1O. The summed E-state index contributed by atoms with van der Waals surface area (Å²) in [6.07, 6.45) is 0. The van der Waals surface area contributed by atoms with E-state index < -0.39 is 39.6 Å². The normalized spacial score (nSPS) is 10.1. The molecule has 0 aliphatic rings. The van der Waals surface area contributed by atoms with Crippen LogP contribution in [-0.2, 0) is 4.74 Å². The number of nitro benzene ring substituents is 1. The van der Waals surface area contributed by atoms with Gasteiger partial charge in [-0.15, -0.1) is 0 Å². The Kier molecular flexibility index (Phi) is 4.73. The van der Waals surface area contributed by atoms with Crippen LogP contribution in [0, 0.1) is 15.9 Å². The third-order valence-electron chi connectivity index (χ3n) is 3.09. The van der Waals surface area contributed by atoms with Gasteiger partial charge in [0, 0.05) is 6.07 Å². The van der Waals surface area contributed by atoms with Gasteiger partial charge in [-0.3, -0.25) is 14.9 Å². The van der Waals surface area contributed by atoms with Crippen molar-refractivity contribution >= 4 is 23.3 Å². The molecule has 0 spiro atoms. The Hall–Kier alpha value is -3.49. The minimum absolute atomic E-state index is 0.179. The standard InChI is InChI=1S/C15H11FN2O6/c1-24-15(21)9-3-2-4-11(13(9)19)17-14(20)10-7-8(16)5-6-12(10)18(22)23/h2-7,19H,1H3,(H,17,20). The molecule has 0 radical (unpaired) electrons. The molecular weight excluding hydrogens is 323 g/mol. The zero-order valence-corrected chi connectivity index (χ0v) is 12.3. The molecule has 24 heavy (non-hydrogen) atoms. The van der Waals surface area contributed by atoms with Crippen LogP contribution in [0.15, 0.2) is 36.4 Å². The fourth-order valence-electron chi connectivity index (χ4n) is 1.96. The molecule has 0 aliphatic heterocycles. The molecule has 2 aromatic rings. The fraction of sp³-hybridized carbons (Fsp3) is 0.0667. The van der Waals surface area contributed by atoms with Crippen molar-refractivity contribution in [2.45, 2.75) is 0 Å². The number of hydrogen-bond acceptors (Lipinski definition) is 6. The average Bonchev–Trinajstić information content (AvgIpc) is 2.55. The minimum atomic E-state index is -1.02. The maximum Gasteiger partial charge on any atom is 0.341 e. The van der Waals surface area contributed by atoms with Gasteiger partial charge in [-0.25, -0.2) is 9.18 Å². The summed E-state index contributed by atoms with van der Waals surface area (Å²) in [7, 11) is 1.11. The van der Waals surface area contributed by atoms with E-state index in [4.69, 9.17) is 0 Å². The number of para-hydroxylation sites is 1. The van der Waals surface area contributed by atoms with E-state index in [2.05, 4.69) is 10.1 Å². The van der Waals surface area contributed by atoms with Crippen molar-refractivity contribution in [1.29, 1.82) is 0 Å². The number of phenols is 1. The Morgan fingerprint density at radius 3 is 2.58 bits per heavy atom. The number of amides is 1. The summed E-state index contributed by atoms with van der Waals surface area (Å²) in [5, 5.41) is 23.1. The smallest absolute Gasteiger partial charge is 0.341 e. The summed E-state index contributed by atoms with van der Waals surface area (Å²) < 4.78 is 17.8. The Morgan fingerprint density at radius 2 is 1.96 bits per heavy atom. The Labute approximate surface area is 134 Å². The van der Waals surface area contributed by atoms with Crippen molar-refractivity contribution in [3.05, 3.63) is 63.5 Å². The molecule has 0 aliphatic carbocycles. The second kappa shape index (κ2) is 6.73. The maximum absolute atomic E-state index is 13.3. The van der Waals surface area contributed by atoms with Crippen LogP contribution in [0.5, 0.6) is 5.75 Å². The number of aromatic hydroxyl groups is 1. The molecule has 1 amide bonds. The van der Waals surface area contributed by atoms with Gasteiger partial charge in [-0.1, -0.05) is 6.07 Å². The Morgan fingerprint density at radius 1 is 1.25 bits per heavy atom. The summed E-state index contributed by atoms with van der Waals surface area (Å²) in [5.74, 6) is -3.26. The van der Waals surface area contributed by atoms with Crippen molar-refractivity contribution < 1.29 is 28.7 Å². The number of carbonyl (C=O) groups is 2. The van der Waals surface area contributed by atoms with Crippen LogP contribution in [0.1, 0.15) is 20.7 Å². The first-order valence-electron chi connectivity index (χ1n) is 6.50. The lowest BCUT2D eigenvalue weighted by molar-refractivity contribution is -0.385. The molecule has 0 saturated heterocycles. The summed E-state index contributed by atoms with van der Waals surface area (Å²) >= 11 is 0. The van der Waals surface area contributed by atoms with Crippen molar-refractivity contribution in [1.82, 2.24) is 0 Å². The lowest BCUT2D eigenvalue weighted by Gasteiger charge is -2.10. The number of phenolic OH excluding ortho intramolecular Hbond substituents is 1. The maximum atomic E-state index is 13.3. The molecule has 0 unspecified atom stereocenters. The van der Waals surface area contributed by atoms with Gasteiger partial charge in [0.2, 0.25) is 0 Å². The number of esters is 1. The number of anilines is 1. The zero-order valence-electron chi connectivity index (χ0n) is 12.3. The molecule has 0 atom stereocenters. The molecule has 9 heteroatoms. The van der Waals surface area contributed by atoms with Gasteiger partial charge in [0.05, 0.1) is 17.7 Å². The average molecular weight is 334 g/mol. The first kappa shape index (κ1) is 16.9. The predicted octanol–water partition coefficient (Wildman–Crippen LogP) is 2.48. The quantitative estimate of drug-likeness (QED) is 0.384. The number of benzene rings is 2. The number of nitrogens with zero attached hydrogens (tertiary/aromatic N) is 1. The predicted molar refractivity (Wildman–Crippen MR) is 80.5 cm³/mol. The second-order valence-corrected chi connectivity index (χ2v) is 4.57. The first-order chi connectivity index (χ1) is 11.3.